The number of aromatic nitrogens is 4. The number of benzene rings is 2. The third kappa shape index (κ3) is 9.80. The van der Waals surface area contributed by atoms with Crippen LogP contribution < -0.4 is 21.3 Å². The van der Waals surface area contributed by atoms with Gasteiger partial charge in [0.15, 0.2) is 11.6 Å². The zero-order valence-electron chi connectivity index (χ0n) is 36.2. The summed E-state index contributed by atoms with van der Waals surface area (Å²) in [6.07, 6.45) is 3.87. The number of likely N-dealkylation sites (N-methyl/N-ethyl adjacent to an activating group) is 2. The van der Waals surface area contributed by atoms with Crippen LogP contribution >= 0.6 is 0 Å². The monoisotopic (exact) mass is 832 g/mol. The van der Waals surface area contributed by atoms with E-state index < -0.39 is 35.8 Å². The molecule has 0 saturated carbocycles. The maximum atomic E-state index is 14.8. The number of hydrogen-bond acceptors (Lipinski definition) is 8. The molecule has 326 valence electrons. The maximum absolute atomic E-state index is 14.8. The van der Waals surface area contributed by atoms with E-state index in [1.165, 1.54) is 24.3 Å². The lowest BCUT2D eigenvalue weighted by molar-refractivity contribution is -0.138. The van der Waals surface area contributed by atoms with E-state index in [-0.39, 0.29) is 47.5 Å². The predicted molar refractivity (Wildman–Crippen MR) is 228 cm³/mol. The van der Waals surface area contributed by atoms with Gasteiger partial charge >= 0.3 is 0 Å². The minimum absolute atomic E-state index is 0.148. The molecule has 6 rings (SSSR count). The fraction of sp³-hybridized carbons (Fsp3) is 0.591. The minimum atomic E-state index is -0.710. The van der Waals surface area contributed by atoms with Crippen LogP contribution in [0.1, 0.15) is 80.1 Å². The molecule has 0 unspecified atom stereocenters. The summed E-state index contributed by atoms with van der Waals surface area (Å²) in [6.45, 7) is 13.2. The lowest BCUT2D eigenvalue weighted by Gasteiger charge is -2.31. The van der Waals surface area contributed by atoms with Crippen LogP contribution in [0.2, 0.25) is 0 Å². The molecule has 0 spiro atoms. The lowest BCUT2D eigenvalue weighted by Crippen LogP contribution is -2.54. The van der Waals surface area contributed by atoms with Crippen molar-refractivity contribution in [1.29, 1.82) is 0 Å². The Bertz CT molecular complexity index is 2030. The molecule has 4 N–H and O–H groups in total. The van der Waals surface area contributed by atoms with Gasteiger partial charge in [0.05, 0.1) is 34.2 Å². The van der Waals surface area contributed by atoms with Crippen LogP contribution in [0.25, 0.3) is 33.7 Å². The Hall–Kier alpha value is -4.96. The first-order valence-corrected chi connectivity index (χ1v) is 21.5. The molecule has 4 aromatic rings. The van der Waals surface area contributed by atoms with Gasteiger partial charge in [-0.1, -0.05) is 27.7 Å². The summed E-state index contributed by atoms with van der Waals surface area (Å²) < 4.78 is 33.6. The van der Waals surface area contributed by atoms with E-state index in [1.54, 1.807) is 40.1 Å². The average molecular weight is 833 g/mol. The van der Waals surface area contributed by atoms with Crippen molar-refractivity contribution in [3.63, 3.8) is 0 Å². The molecule has 60 heavy (non-hydrogen) atoms. The van der Waals surface area contributed by atoms with Crippen LogP contribution in [0, 0.1) is 23.5 Å². The van der Waals surface area contributed by atoms with Crippen LogP contribution in [0.4, 0.5) is 8.78 Å². The molecule has 4 amide bonds. The van der Waals surface area contributed by atoms with Crippen molar-refractivity contribution in [2.45, 2.75) is 129 Å². The van der Waals surface area contributed by atoms with Gasteiger partial charge in [0.25, 0.3) is 0 Å². The average Bonchev–Trinajstić information content (AvgIpc) is 4.01. The summed E-state index contributed by atoms with van der Waals surface area (Å²) in [5.41, 5.74) is 2.09. The lowest BCUT2D eigenvalue weighted by atomic mass is 10.0. The van der Waals surface area contributed by atoms with Crippen LogP contribution in [0.15, 0.2) is 36.4 Å². The molecule has 2 fully saturated rings. The Morgan fingerprint density at radius 2 is 1.03 bits per heavy atom. The van der Waals surface area contributed by atoms with Gasteiger partial charge in [-0.15, -0.1) is 0 Å². The highest BCUT2D eigenvalue weighted by atomic mass is 19.1. The quantitative estimate of drug-likeness (QED) is 0.120. The van der Waals surface area contributed by atoms with Crippen molar-refractivity contribution in [3.8, 4) is 11.6 Å². The van der Waals surface area contributed by atoms with E-state index in [0.717, 1.165) is 12.8 Å². The molecule has 2 aromatic heterocycles. The van der Waals surface area contributed by atoms with Crippen LogP contribution in [-0.2, 0) is 32.3 Å². The standard InChI is InChI=1S/C44H62F2N10O4/c1-25(2)19-35(51-41(57)27(5)47-7)43(59)53-17-9-11-31(53)23-55-37-15-13-29(45)21-33(37)49-39(55)40-50-34-22-30(46)14-16-38(34)56(40)24-32-12-10-18-54(32)44(60)36(20-26(3)4)52-42(58)28(6)48-8/h13-16,21-22,25-28,31-32,35-36,47-48H,9-12,17-20,23-24H2,1-8H3,(H,51,57)(H,52,58)/t27-,28-,31+,32+,35-,36-/m1/s1. The van der Waals surface area contributed by atoms with E-state index in [9.17, 15) is 28.0 Å². The van der Waals surface area contributed by atoms with Crippen molar-refractivity contribution < 1.29 is 28.0 Å². The van der Waals surface area contributed by atoms with E-state index in [4.69, 9.17) is 9.97 Å². The molecular formula is C44H62F2N10O4. The van der Waals surface area contributed by atoms with Crippen molar-refractivity contribution in [1.82, 2.24) is 50.2 Å². The largest absolute Gasteiger partial charge is 0.343 e. The second kappa shape index (κ2) is 19.2. The first kappa shape index (κ1) is 44.6. The molecule has 0 radical (unpaired) electrons. The maximum Gasteiger partial charge on any atom is 0.245 e. The number of nitrogens with one attached hydrogen (secondary N) is 4. The number of amides is 4. The Labute approximate surface area is 351 Å². The van der Waals surface area contributed by atoms with E-state index in [1.807, 2.05) is 46.6 Å². The van der Waals surface area contributed by atoms with Crippen molar-refractivity contribution in [2.24, 2.45) is 11.8 Å². The first-order valence-electron chi connectivity index (χ1n) is 21.5. The highest BCUT2D eigenvalue weighted by Crippen LogP contribution is 2.33. The Kier molecular flexibility index (Phi) is 14.3. The number of nitrogens with zero attached hydrogens (tertiary/aromatic N) is 6. The number of hydrogen-bond donors (Lipinski definition) is 4. The number of carbonyl (C=O) groups excluding carboxylic acids is 4. The number of rotatable bonds is 17. The SMILES string of the molecule is CN[C@H](C)C(=O)N[C@H](CC(C)C)C(=O)N1CCC[C@H]1Cn1c(-c2nc3cc(F)ccc3n2C[C@@H]2CCCN2C(=O)[C@@H](CC(C)C)NC(=O)[C@@H](C)NC)nc2cc(F)ccc21. The van der Waals surface area contributed by atoms with Gasteiger partial charge in [0.2, 0.25) is 23.6 Å². The molecular weight excluding hydrogens is 771 g/mol. The number of imidazole rings is 2. The van der Waals surface area contributed by atoms with Gasteiger partial charge in [-0.3, -0.25) is 19.2 Å². The fourth-order valence-corrected chi connectivity index (χ4v) is 8.61. The molecule has 2 saturated heterocycles. The van der Waals surface area contributed by atoms with Gasteiger partial charge < -0.3 is 40.2 Å². The van der Waals surface area contributed by atoms with Gasteiger partial charge in [0, 0.05) is 50.4 Å². The molecule has 6 atom stereocenters. The van der Waals surface area contributed by atoms with E-state index >= 15 is 0 Å². The number of fused-ring (bicyclic) bond motifs is 2. The normalized spacial score (nSPS) is 19.1. The highest BCUT2D eigenvalue weighted by Gasteiger charge is 2.38. The molecule has 2 aromatic carbocycles. The molecule has 4 heterocycles. The summed E-state index contributed by atoms with van der Waals surface area (Å²) in [7, 11) is 3.40. The zero-order valence-corrected chi connectivity index (χ0v) is 36.2. The Morgan fingerprint density at radius 3 is 1.38 bits per heavy atom. The predicted octanol–water partition coefficient (Wildman–Crippen LogP) is 4.59. The van der Waals surface area contributed by atoms with Crippen LogP contribution in [0.5, 0.6) is 0 Å². The molecule has 16 heteroatoms. The summed E-state index contributed by atoms with van der Waals surface area (Å²) in [5.74, 6) is -0.583. The summed E-state index contributed by atoms with van der Waals surface area (Å²) >= 11 is 0. The summed E-state index contributed by atoms with van der Waals surface area (Å²) in [5, 5.41) is 11.9. The number of carbonyl (C=O) groups is 4. The summed E-state index contributed by atoms with van der Waals surface area (Å²) in [6, 6.07) is 5.92. The molecule has 2 aliphatic heterocycles. The minimum Gasteiger partial charge on any atom is -0.343 e. The highest BCUT2D eigenvalue weighted by molar-refractivity contribution is 5.91. The zero-order chi connectivity index (χ0) is 43.4. The van der Waals surface area contributed by atoms with Gasteiger partial charge in [-0.2, -0.15) is 0 Å². The van der Waals surface area contributed by atoms with Gasteiger partial charge in [-0.05, 0) is 103 Å². The smallest absolute Gasteiger partial charge is 0.245 e. The Morgan fingerprint density at radius 1 is 0.650 bits per heavy atom. The topological polar surface area (TPSA) is 159 Å². The number of likely N-dealkylation sites (tertiary alicyclic amines) is 2. The van der Waals surface area contributed by atoms with Crippen molar-refractivity contribution >= 4 is 45.7 Å². The number of halogens is 2. The van der Waals surface area contributed by atoms with Crippen LogP contribution in [0.3, 0.4) is 0 Å². The second-order valence-corrected chi connectivity index (χ2v) is 17.4. The van der Waals surface area contributed by atoms with E-state index in [0.29, 0.717) is 85.6 Å². The molecule has 0 bridgehead atoms. The second-order valence-electron chi connectivity index (χ2n) is 17.4. The van der Waals surface area contributed by atoms with Gasteiger partial charge in [-0.25, -0.2) is 18.7 Å². The van der Waals surface area contributed by atoms with Crippen molar-refractivity contribution in [3.05, 3.63) is 48.0 Å². The Balaban J connectivity index is 1.38. The van der Waals surface area contributed by atoms with Crippen LogP contribution in [-0.4, -0.2) is 116 Å². The molecule has 2 aliphatic rings. The third-order valence-corrected chi connectivity index (χ3v) is 12.0. The first-order chi connectivity index (χ1) is 28.6. The molecule has 14 nitrogen and oxygen atoms in total. The third-order valence-electron chi connectivity index (χ3n) is 12.0. The van der Waals surface area contributed by atoms with Crippen molar-refractivity contribution in [2.75, 3.05) is 27.2 Å². The summed E-state index contributed by atoms with van der Waals surface area (Å²) in [4.78, 5) is 68.3. The van der Waals surface area contributed by atoms with E-state index in [2.05, 4.69) is 21.3 Å². The molecule has 0 aliphatic carbocycles. The fourth-order valence-electron chi connectivity index (χ4n) is 8.61. The van der Waals surface area contributed by atoms with Gasteiger partial charge in [0.1, 0.15) is 23.7 Å².